The summed E-state index contributed by atoms with van der Waals surface area (Å²) in [6, 6.07) is 10.2. The zero-order valence-electron chi connectivity index (χ0n) is 14.6. The lowest BCUT2D eigenvalue weighted by molar-refractivity contribution is -0.152. The van der Waals surface area contributed by atoms with Crippen molar-refractivity contribution in [2.75, 3.05) is 12.4 Å². The summed E-state index contributed by atoms with van der Waals surface area (Å²) in [6.07, 6.45) is -0.909. The maximum atomic E-state index is 12.3. The second-order valence-corrected chi connectivity index (χ2v) is 6.57. The van der Waals surface area contributed by atoms with Crippen LogP contribution in [0.1, 0.15) is 18.1 Å². The molecule has 5 nitrogen and oxygen atoms in total. The molecule has 0 radical (unpaired) electrons. The number of halogens is 2. The van der Waals surface area contributed by atoms with Gasteiger partial charge in [0.05, 0.1) is 19.2 Å². The molecule has 0 aliphatic heterocycles. The van der Waals surface area contributed by atoms with Crippen LogP contribution in [-0.2, 0) is 20.7 Å². The lowest BCUT2D eigenvalue weighted by Crippen LogP contribution is -2.30. The van der Waals surface area contributed by atoms with Crippen LogP contribution in [0.25, 0.3) is 0 Å². The average molecular weight is 396 g/mol. The van der Waals surface area contributed by atoms with Crippen molar-refractivity contribution < 1.29 is 19.1 Å². The second kappa shape index (κ2) is 8.92. The van der Waals surface area contributed by atoms with Crippen LogP contribution in [0, 0.1) is 6.92 Å². The van der Waals surface area contributed by atoms with Gasteiger partial charge in [-0.15, -0.1) is 0 Å². The highest BCUT2D eigenvalue weighted by molar-refractivity contribution is 6.31. The molecular weight excluding hydrogens is 377 g/mol. The number of amides is 1. The van der Waals surface area contributed by atoms with E-state index in [0.29, 0.717) is 21.5 Å². The smallest absolute Gasteiger partial charge is 0.311 e. The van der Waals surface area contributed by atoms with Crippen molar-refractivity contribution in [1.29, 1.82) is 0 Å². The molecule has 1 amide bonds. The van der Waals surface area contributed by atoms with Gasteiger partial charge in [0.1, 0.15) is 5.75 Å². The van der Waals surface area contributed by atoms with E-state index in [1.807, 2.05) is 6.92 Å². The van der Waals surface area contributed by atoms with Crippen molar-refractivity contribution in [3.63, 3.8) is 0 Å². The minimum absolute atomic E-state index is 0.0537. The number of benzene rings is 2. The van der Waals surface area contributed by atoms with Crippen LogP contribution < -0.4 is 10.1 Å². The maximum absolute atomic E-state index is 12.3. The Balaban J connectivity index is 1.98. The Labute approximate surface area is 162 Å². The fraction of sp³-hybridized carbons (Fsp3) is 0.263. The van der Waals surface area contributed by atoms with Gasteiger partial charge in [-0.3, -0.25) is 9.59 Å². The topological polar surface area (TPSA) is 64.6 Å². The lowest BCUT2D eigenvalue weighted by atomic mass is 10.1. The Kier molecular flexibility index (Phi) is 6.89. The van der Waals surface area contributed by atoms with Gasteiger partial charge in [0.2, 0.25) is 0 Å². The van der Waals surface area contributed by atoms with Gasteiger partial charge < -0.3 is 14.8 Å². The molecule has 0 spiro atoms. The number of hydrogen-bond donors (Lipinski definition) is 1. The number of anilines is 1. The summed E-state index contributed by atoms with van der Waals surface area (Å²) in [6.45, 7) is 3.32. The van der Waals surface area contributed by atoms with Gasteiger partial charge in [0.25, 0.3) is 5.91 Å². The van der Waals surface area contributed by atoms with Gasteiger partial charge in [-0.2, -0.15) is 0 Å². The summed E-state index contributed by atoms with van der Waals surface area (Å²) in [7, 11) is 1.48. The number of rotatable bonds is 6. The summed E-state index contributed by atoms with van der Waals surface area (Å²) in [5, 5.41) is 3.80. The van der Waals surface area contributed by atoms with Crippen molar-refractivity contribution in [2.45, 2.75) is 26.4 Å². The SMILES string of the molecule is COc1cc(Cl)c(C)cc1NC(=O)C(C)OC(=O)Cc1ccc(Cl)cc1. The van der Waals surface area contributed by atoms with Crippen molar-refractivity contribution in [3.05, 3.63) is 57.6 Å². The molecule has 2 aromatic rings. The average Bonchev–Trinajstić information content (AvgIpc) is 2.59. The molecule has 1 atom stereocenters. The standard InChI is InChI=1S/C19H19Cl2NO4/c1-11-8-16(17(25-3)10-15(11)21)22-19(24)12(2)26-18(23)9-13-4-6-14(20)7-5-13/h4-8,10,12H,9H2,1-3H3,(H,22,24). The summed E-state index contributed by atoms with van der Waals surface area (Å²) >= 11 is 11.9. The highest BCUT2D eigenvalue weighted by Crippen LogP contribution is 2.31. The number of ether oxygens (including phenoxy) is 2. The van der Waals surface area contributed by atoms with E-state index in [-0.39, 0.29) is 6.42 Å². The first kappa shape index (κ1) is 20.1. The zero-order valence-corrected chi connectivity index (χ0v) is 16.1. The highest BCUT2D eigenvalue weighted by atomic mass is 35.5. The van der Waals surface area contributed by atoms with E-state index in [2.05, 4.69) is 5.32 Å². The fourth-order valence-electron chi connectivity index (χ4n) is 2.23. The van der Waals surface area contributed by atoms with Gasteiger partial charge in [-0.05, 0) is 43.2 Å². The quantitative estimate of drug-likeness (QED) is 0.734. The summed E-state index contributed by atoms with van der Waals surface area (Å²) in [5.41, 5.74) is 2.00. The fourth-order valence-corrected chi connectivity index (χ4v) is 2.51. The Morgan fingerprint density at radius 2 is 1.81 bits per heavy atom. The molecule has 0 bridgehead atoms. The Bertz CT molecular complexity index is 806. The van der Waals surface area contributed by atoms with E-state index in [9.17, 15) is 9.59 Å². The number of hydrogen-bond acceptors (Lipinski definition) is 4. The molecule has 0 saturated heterocycles. The van der Waals surface area contributed by atoms with E-state index in [1.165, 1.54) is 14.0 Å². The molecule has 7 heteroatoms. The monoisotopic (exact) mass is 395 g/mol. The van der Waals surface area contributed by atoms with Crippen LogP contribution >= 0.6 is 23.2 Å². The zero-order chi connectivity index (χ0) is 19.3. The van der Waals surface area contributed by atoms with E-state index in [1.54, 1.807) is 36.4 Å². The van der Waals surface area contributed by atoms with Crippen molar-refractivity contribution >= 4 is 40.8 Å². The van der Waals surface area contributed by atoms with E-state index >= 15 is 0 Å². The minimum Gasteiger partial charge on any atom is -0.495 e. The molecule has 26 heavy (non-hydrogen) atoms. The Morgan fingerprint density at radius 1 is 1.15 bits per heavy atom. The van der Waals surface area contributed by atoms with Crippen LogP contribution in [-0.4, -0.2) is 25.1 Å². The van der Waals surface area contributed by atoms with Crippen molar-refractivity contribution in [2.24, 2.45) is 0 Å². The molecule has 0 aliphatic rings. The third kappa shape index (κ3) is 5.38. The first-order chi connectivity index (χ1) is 12.3. The van der Waals surface area contributed by atoms with Crippen LogP contribution in [0.3, 0.4) is 0 Å². The largest absolute Gasteiger partial charge is 0.495 e. The minimum atomic E-state index is -0.963. The summed E-state index contributed by atoms with van der Waals surface area (Å²) < 4.78 is 10.4. The first-order valence-corrected chi connectivity index (χ1v) is 8.64. The molecule has 138 valence electrons. The van der Waals surface area contributed by atoms with Gasteiger partial charge in [0, 0.05) is 16.1 Å². The highest BCUT2D eigenvalue weighted by Gasteiger charge is 2.20. The third-order valence-corrected chi connectivity index (χ3v) is 4.34. The molecule has 0 saturated carbocycles. The van der Waals surface area contributed by atoms with Gasteiger partial charge in [-0.1, -0.05) is 35.3 Å². The summed E-state index contributed by atoms with van der Waals surface area (Å²) in [4.78, 5) is 24.3. The van der Waals surface area contributed by atoms with Crippen LogP contribution in [0.2, 0.25) is 10.0 Å². The Morgan fingerprint density at radius 3 is 2.42 bits per heavy atom. The van der Waals surface area contributed by atoms with Gasteiger partial charge in [-0.25, -0.2) is 0 Å². The number of carbonyl (C=O) groups excluding carboxylic acids is 2. The lowest BCUT2D eigenvalue weighted by Gasteiger charge is -2.16. The summed E-state index contributed by atoms with van der Waals surface area (Å²) in [5.74, 6) is -0.544. The van der Waals surface area contributed by atoms with Crippen molar-refractivity contribution in [3.8, 4) is 5.75 Å². The first-order valence-electron chi connectivity index (χ1n) is 7.89. The predicted molar refractivity (Wildman–Crippen MR) is 102 cm³/mol. The van der Waals surface area contributed by atoms with E-state index in [0.717, 1.165) is 11.1 Å². The van der Waals surface area contributed by atoms with Crippen LogP contribution in [0.4, 0.5) is 5.69 Å². The Hall–Kier alpha value is -2.24. The maximum Gasteiger partial charge on any atom is 0.311 e. The molecule has 1 N–H and O–H groups in total. The predicted octanol–water partition coefficient (Wildman–Crippen LogP) is 4.42. The number of carbonyl (C=O) groups is 2. The third-order valence-electron chi connectivity index (χ3n) is 3.68. The van der Waals surface area contributed by atoms with E-state index in [4.69, 9.17) is 32.7 Å². The molecule has 0 heterocycles. The van der Waals surface area contributed by atoms with Gasteiger partial charge in [0.15, 0.2) is 6.10 Å². The number of nitrogens with one attached hydrogen (secondary N) is 1. The molecule has 0 aliphatic carbocycles. The molecular formula is C19H19Cl2NO4. The number of esters is 1. The second-order valence-electron chi connectivity index (χ2n) is 5.73. The molecule has 2 aromatic carbocycles. The van der Waals surface area contributed by atoms with Gasteiger partial charge >= 0.3 is 5.97 Å². The molecule has 0 aromatic heterocycles. The molecule has 2 rings (SSSR count). The number of methoxy groups -OCH3 is 1. The number of aryl methyl sites for hydroxylation is 1. The molecule has 1 unspecified atom stereocenters. The van der Waals surface area contributed by atoms with E-state index < -0.39 is 18.0 Å². The normalized spacial score (nSPS) is 11.6. The van der Waals surface area contributed by atoms with Crippen LogP contribution in [0.15, 0.2) is 36.4 Å². The van der Waals surface area contributed by atoms with Crippen LogP contribution in [0.5, 0.6) is 5.75 Å². The molecule has 0 fully saturated rings. The van der Waals surface area contributed by atoms with Crippen molar-refractivity contribution in [1.82, 2.24) is 0 Å².